The number of nitrogen functional groups attached to an aromatic ring is 1. The number of amides is 1. The second kappa shape index (κ2) is 9.35. The van der Waals surface area contributed by atoms with Crippen LogP contribution in [0.3, 0.4) is 0 Å². The van der Waals surface area contributed by atoms with Crippen molar-refractivity contribution in [1.82, 2.24) is 10.2 Å². The van der Waals surface area contributed by atoms with Gasteiger partial charge in [-0.2, -0.15) is 13.2 Å². The van der Waals surface area contributed by atoms with E-state index < -0.39 is 11.7 Å². The van der Waals surface area contributed by atoms with Crippen LogP contribution < -0.4 is 11.1 Å². The van der Waals surface area contributed by atoms with Gasteiger partial charge in [-0.1, -0.05) is 18.9 Å². The number of likely N-dealkylation sites (tertiary alicyclic amines) is 1. The Hall–Kier alpha value is -1.47. The Kier molecular flexibility index (Phi) is 7.62. The summed E-state index contributed by atoms with van der Waals surface area (Å²) in [5.74, 6) is -0.495. The van der Waals surface area contributed by atoms with Gasteiger partial charge in [-0.25, -0.2) is 0 Å². The Bertz CT molecular complexity index is 690. The number of alkyl halides is 3. The first kappa shape index (κ1) is 22.8. The van der Waals surface area contributed by atoms with E-state index in [0.717, 1.165) is 51.3 Å². The molecule has 1 aromatic rings. The summed E-state index contributed by atoms with van der Waals surface area (Å²) in [5.41, 5.74) is 6.46. The van der Waals surface area contributed by atoms with E-state index in [1.807, 2.05) is 0 Å². The van der Waals surface area contributed by atoms with Crippen LogP contribution in [0.25, 0.3) is 0 Å². The van der Waals surface area contributed by atoms with Gasteiger partial charge in [0.2, 0.25) is 5.91 Å². The van der Waals surface area contributed by atoms with Gasteiger partial charge in [-0.05, 0) is 56.0 Å². The van der Waals surface area contributed by atoms with Gasteiger partial charge in [0, 0.05) is 24.7 Å². The van der Waals surface area contributed by atoms with Crippen molar-refractivity contribution in [3.63, 3.8) is 0 Å². The molecule has 28 heavy (non-hydrogen) atoms. The van der Waals surface area contributed by atoms with Crippen LogP contribution in [0.4, 0.5) is 18.9 Å². The molecule has 4 nitrogen and oxygen atoms in total. The average molecular weight is 420 g/mol. The van der Waals surface area contributed by atoms with Crippen LogP contribution in [-0.2, 0) is 17.4 Å². The normalized spacial score (nSPS) is 23.3. The number of benzene rings is 1. The molecule has 8 heteroatoms. The van der Waals surface area contributed by atoms with Crippen LogP contribution >= 0.6 is 12.4 Å². The number of hydrogen-bond acceptors (Lipinski definition) is 3. The maximum atomic E-state index is 13.8. The Morgan fingerprint density at radius 2 is 1.82 bits per heavy atom. The molecule has 2 unspecified atom stereocenters. The lowest BCUT2D eigenvalue weighted by Gasteiger charge is -2.40. The number of nitrogens with zero attached hydrogens (tertiary/aromatic N) is 1. The van der Waals surface area contributed by atoms with E-state index in [1.54, 1.807) is 0 Å². The second-order valence-electron chi connectivity index (χ2n) is 7.65. The lowest BCUT2D eigenvalue weighted by atomic mass is 9.76. The van der Waals surface area contributed by atoms with Gasteiger partial charge in [0.05, 0.1) is 12.0 Å². The van der Waals surface area contributed by atoms with Crippen molar-refractivity contribution in [2.24, 2.45) is 0 Å². The number of carbonyl (C=O) groups excluding carboxylic acids is 1. The van der Waals surface area contributed by atoms with E-state index in [4.69, 9.17) is 5.73 Å². The Morgan fingerprint density at radius 1 is 1.18 bits per heavy atom. The number of halogens is 4. The fourth-order valence-corrected chi connectivity index (χ4v) is 4.70. The molecule has 2 atom stereocenters. The summed E-state index contributed by atoms with van der Waals surface area (Å²) < 4.78 is 41.4. The summed E-state index contributed by atoms with van der Waals surface area (Å²) in [4.78, 5) is 14.1. The first-order chi connectivity index (χ1) is 12.8. The highest BCUT2D eigenvalue weighted by atomic mass is 35.5. The van der Waals surface area contributed by atoms with Gasteiger partial charge in [-0.15, -0.1) is 12.4 Å². The molecule has 3 rings (SSSR count). The molecule has 0 radical (unpaired) electrons. The van der Waals surface area contributed by atoms with Crippen LogP contribution in [0.1, 0.15) is 61.1 Å². The van der Waals surface area contributed by atoms with E-state index in [0.29, 0.717) is 12.0 Å². The van der Waals surface area contributed by atoms with Crippen molar-refractivity contribution in [2.75, 3.05) is 25.9 Å². The third-order valence-corrected chi connectivity index (χ3v) is 6.02. The summed E-state index contributed by atoms with van der Waals surface area (Å²) in [5, 5.41) is 2.51. The summed E-state index contributed by atoms with van der Waals surface area (Å²) in [7, 11) is 1.51. The molecule has 0 spiro atoms. The molecular formula is C20H29ClF3N3O. The molecule has 158 valence electrons. The minimum absolute atomic E-state index is 0. The molecule has 1 saturated heterocycles. The number of rotatable bonds is 4. The lowest BCUT2D eigenvalue weighted by molar-refractivity contribution is -0.138. The fourth-order valence-electron chi connectivity index (χ4n) is 4.70. The second-order valence-corrected chi connectivity index (χ2v) is 7.65. The van der Waals surface area contributed by atoms with Gasteiger partial charge in [0.15, 0.2) is 0 Å². The predicted octanol–water partition coefficient (Wildman–Crippen LogP) is 4.12. The van der Waals surface area contributed by atoms with E-state index in [-0.39, 0.29) is 47.9 Å². The van der Waals surface area contributed by atoms with Gasteiger partial charge in [-0.3, -0.25) is 9.69 Å². The largest absolute Gasteiger partial charge is 0.416 e. The summed E-state index contributed by atoms with van der Waals surface area (Å²) in [6.45, 7) is 1.89. The molecule has 0 bridgehead atoms. The zero-order valence-electron chi connectivity index (χ0n) is 16.1. The smallest absolute Gasteiger partial charge is 0.398 e. The summed E-state index contributed by atoms with van der Waals surface area (Å²) in [6, 6.07) is 2.56. The highest BCUT2D eigenvalue weighted by Crippen LogP contribution is 2.46. The van der Waals surface area contributed by atoms with Crippen molar-refractivity contribution in [2.45, 2.75) is 63.1 Å². The number of carbonyl (C=O) groups is 1. The third-order valence-electron chi connectivity index (χ3n) is 6.02. The molecule has 2 fully saturated rings. The minimum Gasteiger partial charge on any atom is -0.398 e. The van der Waals surface area contributed by atoms with E-state index in [9.17, 15) is 18.0 Å². The summed E-state index contributed by atoms with van der Waals surface area (Å²) >= 11 is 0. The minimum atomic E-state index is -4.46. The first-order valence-corrected chi connectivity index (χ1v) is 9.76. The zero-order valence-corrected chi connectivity index (χ0v) is 17.0. The lowest BCUT2D eigenvalue weighted by Crippen LogP contribution is -2.40. The van der Waals surface area contributed by atoms with Crippen LogP contribution in [0.2, 0.25) is 0 Å². The number of hydrogen-bond donors (Lipinski definition) is 2. The zero-order chi connectivity index (χ0) is 19.6. The Balaban J connectivity index is 0.00000280. The van der Waals surface area contributed by atoms with Crippen molar-refractivity contribution in [3.05, 3.63) is 28.8 Å². The standard InChI is InChI=1S/C20H28F3N3O.ClH/c1-25-17(27)12-13-8-9-15(20(21,22)23)18(19(13)24)14-6-2-3-7-16(14)26-10-4-5-11-26;/h8-9,14,16H,2-7,10-12,24H2,1H3,(H,25,27);1H. The molecule has 1 aliphatic carbocycles. The first-order valence-electron chi connectivity index (χ1n) is 9.76. The van der Waals surface area contributed by atoms with Crippen molar-refractivity contribution >= 4 is 24.0 Å². The van der Waals surface area contributed by atoms with Crippen molar-refractivity contribution in [3.8, 4) is 0 Å². The Labute approximate surface area is 170 Å². The van der Waals surface area contributed by atoms with Crippen LogP contribution in [0.15, 0.2) is 12.1 Å². The number of nitrogens with one attached hydrogen (secondary N) is 1. The molecule has 1 aliphatic heterocycles. The fraction of sp³-hybridized carbons (Fsp3) is 0.650. The number of anilines is 1. The van der Waals surface area contributed by atoms with Gasteiger partial charge in [0.1, 0.15) is 0 Å². The molecule has 0 aromatic heterocycles. The van der Waals surface area contributed by atoms with Gasteiger partial charge < -0.3 is 11.1 Å². The predicted molar refractivity (Wildman–Crippen MR) is 107 cm³/mol. The maximum Gasteiger partial charge on any atom is 0.416 e. The van der Waals surface area contributed by atoms with Crippen molar-refractivity contribution in [1.29, 1.82) is 0 Å². The third kappa shape index (κ3) is 4.74. The van der Waals surface area contributed by atoms with Crippen LogP contribution in [0.5, 0.6) is 0 Å². The highest BCUT2D eigenvalue weighted by Gasteiger charge is 2.41. The molecule has 2 aliphatic rings. The SMILES string of the molecule is CNC(=O)Cc1ccc(C(F)(F)F)c(C2CCCCC2N2CCCC2)c1N.Cl. The van der Waals surface area contributed by atoms with Crippen LogP contribution in [0, 0.1) is 0 Å². The van der Waals surface area contributed by atoms with E-state index in [2.05, 4.69) is 10.2 Å². The molecule has 1 heterocycles. The molecule has 1 aromatic carbocycles. The van der Waals surface area contributed by atoms with Gasteiger partial charge >= 0.3 is 6.18 Å². The molecule has 1 saturated carbocycles. The Morgan fingerprint density at radius 3 is 2.43 bits per heavy atom. The maximum absolute atomic E-state index is 13.8. The molecular weight excluding hydrogens is 391 g/mol. The van der Waals surface area contributed by atoms with E-state index >= 15 is 0 Å². The average Bonchev–Trinajstić information content (AvgIpc) is 3.16. The monoisotopic (exact) mass is 419 g/mol. The molecule has 3 N–H and O–H groups in total. The van der Waals surface area contributed by atoms with E-state index in [1.165, 1.54) is 13.1 Å². The van der Waals surface area contributed by atoms with Crippen LogP contribution in [-0.4, -0.2) is 37.0 Å². The van der Waals surface area contributed by atoms with Gasteiger partial charge in [0.25, 0.3) is 0 Å². The molecule has 1 amide bonds. The topological polar surface area (TPSA) is 58.4 Å². The van der Waals surface area contributed by atoms with Crippen molar-refractivity contribution < 1.29 is 18.0 Å². The quantitative estimate of drug-likeness (QED) is 0.722. The summed E-state index contributed by atoms with van der Waals surface area (Å²) in [6.07, 6.45) is 1.29. The highest BCUT2D eigenvalue weighted by molar-refractivity contribution is 5.85. The number of nitrogens with two attached hydrogens (primary N) is 1. The number of likely N-dealkylation sites (N-methyl/N-ethyl adjacent to an activating group) is 1.